The lowest BCUT2D eigenvalue weighted by Gasteiger charge is -2.56. The van der Waals surface area contributed by atoms with Gasteiger partial charge in [0.05, 0.1) is 0 Å². The van der Waals surface area contributed by atoms with Gasteiger partial charge in [0.2, 0.25) is 0 Å². The highest BCUT2D eigenvalue weighted by molar-refractivity contribution is 7.71. The Morgan fingerprint density at radius 1 is 0.914 bits per heavy atom. The minimum Gasteiger partial charge on any atom is -0.348 e. The third kappa shape index (κ3) is 4.48. The summed E-state index contributed by atoms with van der Waals surface area (Å²) in [6.07, 6.45) is 10.7. The van der Waals surface area contributed by atoms with Crippen LogP contribution in [0.2, 0.25) is 0 Å². The van der Waals surface area contributed by atoms with E-state index < -0.39 is 0 Å². The fourth-order valence-electron chi connectivity index (χ4n) is 7.66. The van der Waals surface area contributed by atoms with Crippen molar-refractivity contribution in [1.82, 2.24) is 14.3 Å². The summed E-state index contributed by atoms with van der Waals surface area (Å²) in [5, 5.41) is 5.39. The molecule has 0 radical (unpaired) electrons. The smallest absolute Gasteiger partial charge is 0.199 e. The maximum atomic E-state index is 6.15. The summed E-state index contributed by atoms with van der Waals surface area (Å²) in [6, 6.07) is 21.4. The molecular formula is C30H38N4S. The van der Waals surface area contributed by atoms with Crippen LogP contribution in [0.1, 0.15) is 69.7 Å². The van der Waals surface area contributed by atoms with Gasteiger partial charge in [-0.3, -0.25) is 0 Å². The molecule has 7 rings (SSSR count). The maximum absolute atomic E-state index is 6.15. The second-order valence-electron chi connectivity index (χ2n) is 11.5. The Labute approximate surface area is 215 Å². The molecule has 0 unspecified atom stereocenters. The van der Waals surface area contributed by atoms with Crippen molar-refractivity contribution in [3.05, 3.63) is 76.8 Å². The Balaban J connectivity index is 1.37. The van der Waals surface area contributed by atoms with E-state index >= 15 is 0 Å². The standard InChI is InChI=1S/C30H38N4S/c1-2-3-14-33-28(30-18-24-15-25(19-30)17-26(16-24)20-30)31-34(29(33)35)22-32(27-12-8-5-9-13-27)21-23-10-6-4-7-11-23/h4-13,24-26H,2-3,14-22H2,1H3. The predicted octanol–water partition coefficient (Wildman–Crippen LogP) is 7.35. The largest absolute Gasteiger partial charge is 0.348 e. The lowest BCUT2D eigenvalue weighted by Crippen LogP contribution is -2.49. The fourth-order valence-corrected chi connectivity index (χ4v) is 7.93. The van der Waals surface area contributed by atoms with Crippen LogP contribution in [0.4, 0.5) is 5.69 Å². The first-order valence-electron chi connectivity index (χ1n) is 13.7. The molecule has 5 heteroatoms. The molecule has 0 aliphatic heterocycles. The van der Waals surface area contributed by atoms with E-state index in [9.17, 15) is 0 Å². The van der Waals surface area contributed by atoms with Gasteiger partial charge in [-0.1, -0.05) is 61.9 Å². The number of hydrogen-bond donors (Lipinski definition) is 0. The van der Waals surface area contributed by atoms with Crippen LogP contribution in [-0.4, -0.2) is 14.3 Å². The summed E-state index contributed by atoms with van der Waals surface area (Å²) in [5.41, 5.74) is 2.76. The number of unbranched alkanes of at least 4 members (excludes halogenated alkanes) is 1. The molecule has 4 aliphatic rings. The van der Waals surface area contributed by atoms with Crippen molar-refractivity contribution in [1.29, 1.82) is 0 Å². The quantitative estimate of drug-likeness (QED) is 0.296. The molecule has 0 atom stereocenters. The van der Waals surface area contributed by atoms with Crippen LogP contribution < -0.4 is 4.90 Å². The first kappa shape index (κ1) is 23.0. The Morgan fingerprint density at radius 3 is 2.11 bits per heavy atom. The molecule has 4 bridgehead atoms. The van der Waals surface area contributed by atoms with Gasteiger partial charge in [0.25, 0.3) is 0 Å². The van der Waals surface area contributed by atoms with E-state index in [1.807, 2.05) is 0 Å². The third-order valence-corrected chi connectivity index (χ3v) is 9.24. The zero-order chi connectivity index (χ0) is 23.8. The fraction of sp³-hybridized carbons (Fsp3) is 0.533. The molecule has 0 saturated heterocycles. The van der Waals surface area contributed by atoms with E-state index in [4.69, 9.17) is 17.3 Å². The Kier molecular flexibility index (Phi) is 6.30. The molecule has 2 aromatic carbocycles. The van der Waals surface area contributed by atoms with Crippen molar-refractivity contribution in [2.24, 2.45) is 17.8 Å². The number of para-hydroxylation sites is 1. The number of hydrogen-bond acceptors (Lipinski definition) is 3. The Bertz CT molecular complexity index is 1160. The van der Waals surface area contributed by atoms with Crippen molar-refractivity contribution in [3.8, 4) is 0 Å². The molecule has 4 nitrogen and oxygen atoms in total. The van der Waals surface area contributed by atoms with E-state index in [0.29, 0.717) is 6.67 Å². The molecule has 0 N–H and O–H groups in total. The van der Waals surface area contributed by atoms with Crippen molar-refractivity contribution >= 4 is 17.9 Å². The second kappa shape index (κ2) is 9.57. The maximum Gasteiger partial charge on any atom is 0.199 e. The van der Waals surface area contributed by atoms with Crippen LogP contribution in [-0.2, 0) is 25.2 Å². The molecule has 0 spiro atoms. The number of anilines is 1. The molecule has 4 fully saturated rings. The zero-order valence-corrected chi connectivity index (χ0v) is 21.8. The van der Waals surface area contributed by atoms with Crippen LogP contribution in [0.15, 0.2) is 60.7 Å². The van der Waals surface area contributed by atoms with Gasteiger partial charge in [-0.15, -0.1) is 0 Å². The van der Waals surface area contributed by atoms with Crippen molar-refractivity contribution in [3.63, 3.8) is 0 Å². The summed E-state index contributed by atoms with van der Waals surface area (Å²) in [7, 11) is 0. The molecule has 1 heterocycles. The average molecular weight is 487 g/mol. The molecular weight excluding hydrogens is 448 g/mol. The van der Waals surface area contributed by atoms with Gasteiger partial charge in [0.15, 0.2) is 4.77 Å². The van der Waals surface area contributed by atoms with E-state index in [2.05, 4.69) is 81.7 Å². The minimum atomic E-state index is 0.248. The van der Waals surface area contributed by atoms with E-state index in [1.54, 1.807) is 0 Å². The summed E-state index contributed by atoms with van der Waals surface area (Å²) in [4.78, 5) is 2.41. The van der Waals surface area contributed by atoms with Gasteiger partial charge >= 0.3 is 0 Å². The SMILES string of the molecule is CCCCn1c(C23CC4CC(CC(C4)C2)C3)nn(CN(Cc2ccccc2)c2ccccc2)c1=S. The van der Waals surface area contributed by atoms with Crippen LogP contribution in [0, 0.1) is 22.5 Å². The number of nitrogens with zero attached hydrogens (tertiary/aromatic N) is 4. The topological polar surface area (TPSA) is 26.0 Å². The molecule has 4 saturated carbocycles. The zero-order valence-electron chi connectivity index (χ0n) is 21.0. The average Bonchev–Trinajstić information content (AvgIpc) is 3.18. The Morgan fingerprint density at radius 2 is 1.51 bits per heavy atom. The summed E-state index contributed by atoms with van der Waals surface area (Å²) in [5.74, 6) is 4.01. The highest BCUT2D eigenvalue weighted by Gasteiger charge is 2.53. The molecule has 35 heavy (non-hydrogen) atoms. The first-order chi connectivity index (χ1) is 17.1. The minimum absolute atomic E-state index is 0.248. The van der Waals surface area contributed by atoms with Crippen molar-refractivity contribution < 1.29 is 0 Å². The molecule has 3 aromatic rings. The van der Waals surface area contributed by atoms with Crippen molar-refractivity contribution in [2.45, 2.75) is 83.5 Å². The summed E-state index contributed by atoms with van der Waals surface area (Å²) in [6.45, 7) is 4.78. The lowest BCUT2D eigenvalue weighted by atomic mass is 9.49. The van der Waals surface area contributed by atoms with Gasteiger partial charge in [-0.05, 0) is 92.6 Å². The van der Waals surface area contributed by atoms with E-state index in [-0.39, 0.29) is 5.41 Å². The molecule has 1 aromatic heterocycles. The third-order valence-electron chi connectivity index (χ3n) is 8.81. The van der Waals surface area contributed by atoms with E-state index in [0.717, 1.165) is 42.0 Å². The van der Waals surface area contributed by atoms with Gasteiger partial charge in [-0.2, -0.15) is 5.10 Å². The highest BCUT2D eigenvalue weighted by atomic mass is 32.1. The Hall–Kier alpha value is -2.40. The first-order valence-corrected chi connectivity index (χ1v) is 14.1. The van der Waals surface area contributed by atoms with Gasteiger partial charge in [0, 0.05) is 24.2 Å². The normalized spacial score (nSPS) is 26.8. The number of rotatable bonds is 9. The lowest BCUT2D eigenvalue weighted by molar-refractivity contribution is -0.0114. The predicted molar refractivity (Wildman–Crippen MR) is 145 cm³/mol. The monoisotopic (exact) mass is 486 g/mol. The van der Waals surface area contributed by atoms with Gasteiger partial charge in [0.1, 0.15) is 12.5 Å². The van der Waals surface area contributed by atoms with Crippen LogP contribution in [0.25, 0.3) is 0 Å². The number of benzene rings is 2. The highest BCUT2D eigenvalue weighted by Crippen LogP contribution is 2.60. The van der Waals surface area contributed by atoms with E-state index in [1.165, 1.54) is 62.0 Å². The molecule has 0 amide bonds. The van der Waals surface area contributed by atoms with Crippen LogP contribution >= 0.6 is 12.2 Å². The van der Waals surface area contributed by atoms with Crippen molar-refractivity contribution in [2.75, 3.05) is 4.90 Å². The second-order valence-corrected chi connectivity index (χ2v) is 11.8. The van der Waals surface area contributed by atoms with Gasteiger partial charge in [-0.25, -0.2) is 4.68 Å². The van der Waals surface area contributed by atoms with Crippen LogP contribution in [0.3, 0.4) is 0 Å². The molecule has 184 valence electrons. The molecule has 4 aliphatic carbocycles. The van der Waals surface area contributed by atoms with Gasteiger partial charge < -0.3 is 9.47 Å². The summed E-state index contributed by atoms with van der Waals surface area (Å²) < 4.78 is 5.48. The number of aromatic nitrogens is 3. The summed E-state index contributed by atoms with van der Waals surface area (Å²) >= 11 is 6.15. The van der Waals surface area contributed by atoms with Crippen LogP contribution in [0.5, 0.6) is 0 Å².